The lowest BCUT2D eigenvalue weighted by Gasteiger charge is -2.18. The summed E-state index contributed by atoms with van der Waals surface area (Å²) >= 11 is 0. The van der Waals surface area contributed by atoms with Gasteiger partial charge >= 0.3 is 5.97 Å². The lowest BCUT2D eigenvalue weighted by molar-refractivity contribution is -0.138. The molecule has 0 aliphatic heterocycles. The summed E-state index contributed by atoms with van der Waals surface area (Å²) in [4.78, 5) is 19.7. The first-order valence-electron chi connectivity index (χ1n) is 6.27. The van der Waals surface area contributed by atoms with E-state index in [9.17, 15) is 9.90 Å². The molecule has 2 heterocycles. The van der Waals surface area contributed by atoms with Crippen LogP contribution in [-0.2, 0) is 4.79 Å². The van der Waals surface area contributed by atoms with E-state index in [1.807, 2.05) is 26.0 Å². The molecule has 0 unspecified atom stereocenters. The molecule has 1 atom stereocenters. The number of nitrogens with zero attached hydrogens (tertiary/aromatic N) is 2. The summed E-state index contributed by atoms with van der Waals surface area (Å²) in [5.41, 5.74) is 2.15. The van der Waals surface area contributed by atoms with Crippen LogP contribution < -0.4 is 5.32 Å². The lowest BCUT2D eigenvalue weighted by Crippen LogP contribution is -2.30. The molecule has 2 N–H and O–H groups in total. The molecule has 0 saturated heterocycles. The number of anilines is 1. The van der Waals surface area contributed by atoms with Crippen molar-refractivity contribution in [3.63, 3.8) is 0 Å². The normalized spacial score (nSPS) is 12.6. The summed E-state index contributed by atoms with van der Waals surface area (Å²) < 4.78 is 0. The molecule has 5 nitrogen and oxygen atoms in total. The van der Waals surface area contributed by atoms with Gasteiger partial charge in [-0.1, -0.05) is 13.8 Å². The number of rotatable bonds is 5. The molecular weight excluding hydrogens is 242 g/mol. The van der Waals surface area contributed by atoms with E-state index in [1.165, 1.54) is 0 Å². The number of carboxylic acid groups (broad SMARTS) is 1. The Morgan fingerprint density at radius 2 is 2.11 bits per heavy atom. The monoisotopic (exact) mass is 259 g/mol. The van der Waals surface area contributed by atoms with Gasteiger partial charge < -0.3 is 10.4 Å². The average Bonchev–Trinajstić information content (AvgIpc) is 2.37. The third-order valence-corrected chi connectivity index (χ3v) is 2.83. The van der Waals surface area contributed by atoms with Gasteiger partial charge in [0, 0.05) is 12.4 Å². The Balaban J connectivity index is 2.31. The van der Waals surface area contributed by atoms with Crippen LogP contribution in [0.3, 0.4) is 0 Å². The smallest absolute Gasteiger partial charge is 0.326 e. The number of fused-ring (bicyclic) bond motifs is 1. The second-order valence-corrected chi connectivity index (χ2v) is 4.89. The first-order chi connectivity index (χ1) is 9.08. The summed E-state index contributed by atoms with van der Waals surface area (Å²) in [5.74, 6) is -0.552. The van der Waals surface area contributed by atoms with Gasteiger partial charge in [0.05, 0.1) is 11.2 Å². The van der Waals surface area contributed by atoms with Gasteiger partial charge in [-0.2, -0.15) is 0 Å². The highest BCUT2D eigenvalue weighted by atomic mass is 16.4. The number of carbonyl (C=O) groups is 1. The fourth-order valence-electron chi connectivity index (χ4n) is 1.98. The molecule has 0 radical (unpaired) electrons. The molecule has 2 rings (SSSR count). The van der Waals surface area contributed by atoms with E-state index in [4.69, 9.17) is 0 Å². The maximum absolute atomic E-state index is 11.3. The zero-order chi connectivity index (χ0) is 13.8. The van der Waals surface area contributed by atoms with Crippen LogP contribution in [0.4, 0.5) is 5.69 Å². The summed E-state index contributed by atoms with van der Waals surface area (Å²) in [5, 5.41) is 12.3. The number of carboxylic acids is 1. The highest BCUT2D eigenvalue weighted by Crippen LogP contribution is 2.21. The van der Waals surface area contributed by atoms with E-state index in [1.54, 1.807) is 18.5 Å². The van der Waals surface area contributed by atoms with Crippen LogP contribution in [0, 0.1) is 5.92 Å². The summed E-state index contributed by atoms with van der Waals surface area (Å²) in [6.45, 7) is 4.00. The summed E-state index contributed by atoms with van der Waals surface area (Å²) in [6, 6.07) is 4.80. The first kappa shape index (κ1) is 13.3. The van der Waals surface area contributed by atoms with Crippen molar-refractivity contribution in [1.29, 1.82) is 0 Å². The van der Waals surface area contributed by atoms with Crippen molar-refractivity contribution in [3.8, 4) is 0 Å². The molecule has 0 bridgehead atoms. The molecule has 2 aromatic heterocycles. The average molecular weight is 259 g/mol. The van der Waals surface area contributed by atoms with Gasteiger partial charge in [-0.15, -0.1) is 0 Å². The molecule has 19 heavy (non-hydrogen) atoms. The molecule has 0 aromatic carbocycles. The van der Waals surface area contributed by atoms with Crippen molar-refractivity contribution in [2.24, 2.45) is 5.92 Å². The largest absolute Gasteiger partial charge is 0.480 e. The standard InChI is InChI=1S/C14H17N3O2/c1-9(2)8-12(14(18)19)17-11-5-7-15-10-4-3-6-16-13(10)11/h3-7,9,12H,8H2,1-2H3,(H,15,17)(H,18,19)/t12-/m1/s1. The third-order valence-electron chi connectivity index (χ3n) is 2.83. The third kappa shape index (κ3) is 3.19. The van der Waals surface area contributed by atoms with Gasteiger partial charge in [-0.05, 0) is 30.5 Å². The van der Waals surface area contributed by atoms with Crippen LogP contribution in [-0.4, -0.2) is 27.1 Å². The predicted octanol–water partition coefficient (Wildman–Crippen LogP) is 2.54. The predicted molar refractivity (Wildman–Crippen MR) is 74.0 cm³/mol. The van der Waals surface area contributed by atoms with E-state index < -0.39 is 12.0 Å². The minimum Gasteiger partial charge on any atom is -0.480 e. The van der Waals surface area contributed by atoms with Gasteiger partial charge in [-0.3, -0.25) is 9.97 Å². The van der Waals surface area contributed by atoms with Crippen molar-refractivity contribution in [1.82, 2.24) is 9.97 Å². The number of nitrogens with one attached hydrogen (secondary N) is 1. The van der Waals surface area contributed by atoms with E-state index in [0.717, 1.165) is 5.52 Å². The molecular formula is C14H17N3O2. The number of aliphatic carboxylic acids is 1. The first-order valence-corrected chi connectivity index (χ1v) is 6.27. The lowest BCUT2D eigenvalue weighted by atomic mass is 10.0. The fourth-order valence-corrected chi connectivity index (χ4v) is 1.98. The van der Waals surface area contributed by atoms with Crippen LogP contribution in [0.1, 0.15) is 20.3 Å². The zero-order valence-electron chi connectivity index (χ0n) is 11.0. The second-order valence-electron chi connectivity index (χ2n) is 4.89. The Kier molecular flexibility index (Phi) is 3.94. The van der Waals surface area contributed by atoms with E-state index >= 15 is 0 Å². The number of hydrogen-bond donors (Lipinski definition) is 2. The van der Waals surface area contributed by atoms with Crippen LogP contribution >= 0.6 is 0 Å². The van der Waals surface area contributed by atoms with Gasteiger partial charge in [0.15, 0.2) is 0 Å². The fraction of sp³-hybridized carbons (Fsp3) is 0.357. The number of pyridine rings is 2. The van der Waals surface area contributed by atoms with Crippen molar-refractivity contribution in [3.05, 3.63) is 30.6 Å². The topological polar surface area (TPSA) is 75.1 Å². The van der Waals surface area contributed by atoms with Crippen LogP contribution in [0.15, 0.2) is 30.6 Å². The van der Waals surface area contributed by atoms with Crippen molar-refractivity contribution in [2.75, 3.05) is 5.32 Å². The Bertz CT molecular complexity index is 578. The van der Waals surface area contributed by atoms with Gasteiger partial charge in [0.2, 0.25) is 0 Å². The molecule has 0 aliphatic carbocycles. The van der Waals surface area contributed by atoms with Crippen LogP contribution in [0.25, 0.3) is 11.0 Å². The van der Waals surface area contributed by atoms with Gasteiger partial charge in [0.1, 0.15) is 11.6 Å². The van der Waals surface area contributed by atoms with Crippen LogP contribution in [0.2, 0.25) is 0 Å². The van der Waals surface area contributed by atoms with E-state index in [2.05, 4.69) is 15.3 Å². The molecule has 0 fully saturated rings. The Morgan fingerprint density at radius 1 is 1.32 bits per heavy atom. The molecule has 100 valence electrons. The molecule has 0 aliphatic rings. The van der Waals surface area contributed by atoms with Gasteiger partial charge in [-0.25, -0.2) is 4.79 Å². The quantitative estimate of drug-likeness (QED) is 0.863. The van der Waals surface area contributed by atoms with Crippen molar-refractivity contribution >= 4 is 22.7 Å². The van der Waals surface area contributed by atoms with Crippen molar-refractivity contribution < 1.29 is 9.90 Å². The molecule has 0 spiro atoms. The van der Waals surface area contributed by atoms with Gasteiger partial charge in [0.25, 0.3) is 0 Å². The summed E-state index contributed by atoms with van der Waals surface area (Å²) in [7, 11) is 0. The minimum absolute atomic E-state index is 0.301. The molecule has 0 saturated carbocycles. The van der Waals surface area contributed by atoms with Crippen molar-refractivity contribution in [2.45, 2.75) is 26.3 Å². The van der Waals surface area contributed by atoms with Crippen LogP contribution in [0.5, 0.6) is 0 Å². The summed E-state index contributed by atoms with van der Waals surface area (Å²) in [6.07, 6.45) is 3.89. The molecule has 5 heteroatoms. The molecule has 2 aromatic rings. The highest BCUT2D eigenvalue weighted by Gasteiger charge is 2.19. The maximum Gasteiger partial charge on any atom is 0.326 e. The van der Waals surface area contributed by atoms with E-state index in [0.29, 0.717) is 23.5 Å². The maximum atomic E-state index is 11.3. The SMILES string of the molecule is CC(C)C[C@@H](Nc1ccnc2cccnc12)C(=O)O. The Morgan fingerprint density at radius 3 is 2.79 bits per heavy atom. The number of aromatic nitrogens is 2. The Hall–Kier alpha value is -2.17. The second kappa shape index (κ2) is 5.65. The Labute approximate surface area is 111 Å². The highest BCUT2D eigenvalue weighted by molar-refractivity contribution is 5.89. The number of hydrogen-bond acceptors (Lipinski definition) is 4. The zero-order valence-corrected chi connectivity index (χ0v) is 11.0. The minimum atomic E-state index is -0.852. The van der Waals surface area contributed by atoms with E-state index in [-0.39, 0.29) is 0 Å². The molecule has 0 amide bonds.